The quantitative estimate of drug-likeness (QED) is 0.328. The zero-order valence-electron chi connectivity index (χ0n) is 8.72. The number of halogens is 1. The van der Waals surface area contributed by atoms with Gasteiger partial charge in [0.2, 0.25) is 0 Å². The summed E-state index contributed by atoms with van der Waals surface area (Å²) in [5.41, 5.74) is 0. The van der Waals surface area contributed by atoms with Crippen molar-refractivity contribution < 1.29 is 14.3 Å². The molecule has 0 rings (SSSR count). The number of carbonyl (C=O) groups excluding carboxylic acids is 2. The number of carbonyl (C=O) groups is 2. The summed E-state index contributed by atoms with van der Waals surface area (Å²) in [6.07, 6.45) is 3.63. The van der Waals surface area contributed by atoms with Gasteiger partial charge in [0, 0.05) is 0 Å². The monoisotopic (exact) mass is 312 g/mol. The average molecular weight is 312 g/mol. The zero-order chi connectivity index (χ0) is 11.0. The van der Waals surface area contributed by atoms with Crippen LogP contribution in [0, 0.1) is 5.92 Å². The Labute approximate surface area is 98.7 Å². The number of unbranched alkanes of at least 4 members (excludes halogenated alkanes) is 1. The first-order valence-corrected chi connectivity index (χ1v) is 6.48. The number of alkyl halides is 1. The minimum Gasteiger partial charge on any atom is -0.392 e. The van der Waals surface area contributed by atoms with Crippen LogP contribution >= 0.6 is 22.6 Å². The van der Waals surface area contributed by atoms with E-state index in [-0.39, 0.29) is 16.3 Å². The SMILES string of the molecule is CCCCC(CC)C(=O)OC(=O)CI. The molecule has 82 valence electrons. The third-order valence-corrected chi connectivity index (χ3v) is 2.68. The molecule has 14 heavy (non-hydrogen) atoms. The molecule has 0 aliphatic rings. The molecule has 0 aromatic rings. The third-order valence-electron chi connectivity index (χ3n) is 2.06. The van der Waals surface area contributed by atoms with Crippen molar-refractivity contribution in [3.05, 3.63) is 0 Å². The molecule has 0 N–H and O–H groups in total. The van der Waals surface area contributed by atoms with Gasteiger partial charge in [0.15, 0.2) is 0 Å². The molecular weight excluding hydrogens is 295 g/mol. The Hall–Kier alpha value is -0.130. The molecule has 0 radical (unpaired) electrons. The highest BCUT2D eigenvalue weighted by Gasteiger charge is 2.19. The van der Waals surface area contributed by atoms with E-state index in [9.17, 15) is 9.59 Å². The van der Waals surface area contributed by atoms with E-state index in [2.05, 4.69) is 11.7 Å². The second-order valence-corrected chi connectivity index (χ2v) is 3.94. The molecule has 0 aromatic heterocycles. The molecule has 0 saturated carbocycles. The van der Waals surface area contributed by atoms with E-state index in [0.29, 0.717) is 0 Å². The molecule has 4 heteroatoms. The van der Waals surface area contributed by atoms with E-state index in [0.717, 1.165) is 25.7 Å². The van der Waals surface area contributed by atoms with Crippen molar-refractivity contribution in [2.24, 2.45) is 5.92 Å². The van der Waals surface area contributed by atoms with Gasteiger partial charge in [-0.25, -0.2) is 0 Å². The summed E-state index contributed by atoms with van der Waals surface area (Å²) in [6, 6.07) is 0. The fourth-order valence-corrected chi connectivity index (χ4v) is 1.32. The van der Waals surface area contributed by atoms with Gasteiger partial charge in [-0.05, 0) is 12.8 Å². The molecule has 0 spiro atoms. The molecule has 0 amide bonds. The largest absolute Gasteiger partial charge is 0.392 e. The van der Waals surface area contributed by atoms with E-state index < -0.39 is 5.97 Å². The molecule has 0 aliphatic heterocycles. The topological polar surface area (TPSA) is 43.4 Å². The van der Waals surface area contributed by atoms with E-state index in [1.807, 2.05) is 29.5 Å². The zero-order valence-corrected chi connectivity index (χ0v) is 10.9. The Kier molecular flexibility index (Phi) is 8.12. The van der Waals surface area contributed by atoms with Crippen molar-refractivity contribution >= 4 is 34.5 Å². The van der Waals surface area contributed by atoms with Gasteiger partial charge < -0.3 is 4.74 Å². The van der Waals surface area contributed by atoms with Crippen LogP contribution in [0.15, 0.2) is 0 Å². The van der Waals surface area contributed by atoms with Gasteiger partial charge in [0.1, 0.15) is 0 Å². The van der Waals surface area contributed by atoms with Gasteiger partial charge >= 0.3 is 11.9 Å². The van der Waals surface area contributed by atoms with Gasteiger partial charge in [-0.15, -0.1) is 0 Å². The first kappa shape index (κ1) is 13.9. The molecule has 0 aromatic carbocycles. The van der Waals surface area contributed by atoms with Crippen LogP contribution in [-0.2, 0) is 14.3 Å². The van der Waals surface area contributed by atoms with Crippen molar-refractivity contribution in [3.63, 3.8) is 0 Å². The highest BCUT2D eigenvalue weighted by molar-refractivity contribution is 14.1. The third kappa shape index (κ3) is 5.57. The van der Waals surface area contributed by atoms with Crippen LogP contribution in [0.3, 0.4) is 0 Å². The standard InChI is InChI=1S/C10H17IO3/c1-3-5-6-8(4-2)10(13)14-9(12)7-11/h8H,3-7H2,1-2H3. The Morgan fingerprint density at radius 2 is 2.00 bits per heavy atom. The maximum Gasteiger partial charge on any atom is 0.323 e. The molecule has 0 heterocycles. The number of rotatable bonds is 6. The summed E-state index contributed by atoms with van der Waals surface area (Å²) >= 11 is 1.88. The second-order valence-electron chi connectivity index (χ2n) is 3.17. The van der Waals surface area contributed by atoms with Crippen molar-refractivity contribution in [3.8, 4) is 0 Å². The Bertz CT molecular complexity index is 192. The molecule has 0 aliphatic carbocycles. The van der Waals surface area contributed by atoms with Gasteiger partial charge in [-0.1, -0.05) is 49.3 Å². The maximum atomic E-state index is 11.4. The van der Waals surface area contributed by atoms with Crippen LogP contribution in [0.4, 0.5) is 0 Å². The summed E-state index contributed by atoms with van der Waals surface area (Å²) in [7, 11) is 0. The lowest BCUT2D eigenvalue weighted by Gasteiger charge is -2.11. The summed E-state index contributed by atoms with van der Waals surface area (Å²) in [5.74, 6) is -0.907. The Balaban J connectivity index is 3.97. The highest BCUT2D eigenvalue weighted by atomic mass is 127. The fraction of sp³-hybridized carbons (Fsp3) is 0.800. The lowest BCUT2D eigenvalue weighted by Crippen LogP contribution is -2.21. The molecule has 1 atom stereocenters. The molecule has 1 unspecified atom stereocenters. The number of hydrogen-bond acceptors (Lipinski definition) is 3. The van der Waals surface area contributed by atoms with E-state index in [4.69, 9.17) is 0 Å². The fourth-order valence-electron chi connectivity index (χ4n) is 1.16. The van der Waals surface area contributed by atoms with Crippen molar-refractivity contribution in [2.75, 3.05) is 4.43 Å². The molecule has 3 nitrogen and oxygen atoms in total. The van der Waals surface area contributed by atoms with Crippen LogP contribution in [0.5, 0.6) is 0 Å². The molecular formula is C10H17IO3. The van der Waals surface area contributed by atoms with Crippen molar-refractivity contribution in [2.45, 2.75) is 39.5 Å². The van der Waals surface area contributed by atoms with Crippen LogP contribution < -0.4 is 0 Å². The summed E-state index contributed by atoms with van der Waals surface area (Å²) in [4.78, 5) is 22.3. The maximum absolute atomic E-state index is 11.4. The van der Waals surface area contributed by atoms with Gasteiger partial charge in [0.05, 0.1) is 10.3 Å². The smallest absolute Gasteiger partial charge is 0.323 e. The van der Waals surface area contributed by atoms with E-state index in [1.54, 1.807) is 0 Å². The van der Waals surface area contributed by atoms with Crippen LogP contribution in [0.1, 0.15) is 39.5 Å². The number of hydrogen-bond donors (Lipinski definition) is 0. The second kappa shape index (κ2) is 8.20. The summed E-state index contributed by atoms with van der Waals surface area (Å²) < 4.78 is 4.89. The van der Waals surface area contributed by atoms with E-state index in [1.165, 1.54) is 0 Å². The first-order chi connectivity index (χ1) is 6.65. The summed E-state index contributed by atoms with van der Waals surface area (Å²) in [6.45, 7) is 4.02. The molecule has 0 fully saturated rings. The Morgan fingerprint density at radius 1 is 1.36 bits per heavy atom. The van der Waals surface area contributed by atoms with Crippen LogP contribution in [0.25, 0.3) is 0 Å². The van der Waals surface area contributed by atoms with Gasteiger partial charge in [-0.3, -0.25) is 9.59 Å². The van der Waals surface area contributed by atoms with E-state index >= 15 is 0 Å². The van der Waals surface area contributed by atoms with Gasteiger partial charge in [0.25, 0.3) is 0 Å². The highest BCUT2D eigenvalue weighted by Crippen LogP contribution is 2.14. The minimum atomic E-state index is -0.439. The minimum absolute atomic E-state index is 0.109. The van der Waals surface area contributed by atoms with Crippen LogP contribution in [-0.4, -0.2) is 16.4 Å². The predicted molar refractivity (Wildman–Crippen MR) is 63.3 cm³/mol. The van der Waals surface area contributed by atoms with Crippen LogP contribution in [0.2, 0.25) is 0 Å². The van der Waals surface area contributed by atoms with Gasteiger partial charge in [-0.2, -0.15) is 0 Å². The number of esters is 2. The summed E-state index contributed by atoms with van der Waals surface area (Å²) in [5, 5.41) is 0. The molecule has 0 saturated heterocycles. The average Bonchev–Trinajstić information content (AvgIpc) is 2.18. The number of ether oxygens (including phenoxy) is 1. The lowest BCUT2D eigenvalue weighted by atomic mass is 10.00. The lowest BCUT2D eigenvalue weighted by molar-refractivity contribution is -0.161. The normalized spacial score (nSPS) is 12.2. The Morgan fingerprint density at radius 3 is 2.43 bits per heavy atom. The predicted octanol–water partition coefficient (Wildman–Crippen LogP) is 2.71. The van der Waals surface area contributed by atoms with Crippen molar-refractivity contribution in [1.29, 1.82) is 0 Å². The first-order valence-electron chi connectivity index (χ1n) is 4.96. The molecule has 0 bridgehead atoms. The van der Waals surface area contributed by atoms with Crippen molar-refractivity contribution in [1.82, 2.24) is 0 Å².